The summed E-state index contributed by atoms with van der Waals surface area (Å²) in [5.74, 6) is 0.874. The first-order chi connectivity index (χ1) is 9.43. The molecule has 0 radical (unpaired) electrons. The molecule has 0 aromatic heterocycles. The van der Waals surface area contributed by atoms with Crippen LogP contribution in [0, 0.1) is 11.3 Å². The molecule has 3 atom stereocenters. The Kier molecular flexibility index (Phi) is 5.18. The first kappa shape index (κ1) is 16.3. The number of likely N-dealkylation sites (tertiary alicyclic amines) is 1. The predicted molar refractivity (Wildman–Crippen MR) is 87.8 cm³/mol. The van der Waals surface area contributed by atoms with Gasteiger partial charge >= 0.3 is 0 Å². The highest BCUT2D eigenvalue weighted by Gasteiger charge is 2.43. The van der Waals surface area contributed by atoms with Gasteiger partial charge in [-0.25, -0.2) is 0 Å². The van der Waals surface area contributed by atoms with Crippen LogP contribution >= 0.6 is 0 Å². The third kappa shape index (κ3) is 3.22. The van der Waals surface area contributed by atoms with E-state index in [1.54, 1.807) is 0 Å². The second-order valence-corrected chi connectivity index (χ2v) is 8.32. The molecule has 0 aromatic carbocycles. The summed E-state index contributed by atoms with van der Waals surface area (Å²) in [6.45, 7) is 11.7. The summed E-state index contributed by atoms with van der Waals surface area (Å²) in [4.78, 5) is 2.82. The Balaban J connectivity index is 2.11. The lowest BCUT2D eigenvalue weighted by molar-refractivity contribution is 0.0605. The average molecular weight is 280 g/mol. The minimum atomic E-state index is 0.317. The van der Waals surface area contributed by atoms with Crippen molar-refractivity contribution >= 4 is 0 Å². The van der Waals surface area contributed by atoms with Gasteiger partial charge in [0.2, 0.25) is 0 Å². The number of nitrogens with two attached hydrogens (primary N) is 1. The molecule has 2 N–H and O–H groups in total. The Bertz CT molecular complexity index is 307. The monoisotopic (exact) mass is 280 g/mol. The maximum absolute atomic E-state index is 6.32. The molecular formula is C18H36N2. The molecule has 1 saturated heterocycles. The van der Waals surface area contributed by atoms with Gasteiger partial charge in [-0.1, -0.05) is 34.1 Å². The third-order valence-corrected chi connectivity index (χ3v) is 6.22. The van der Waals surface area contributed by atoms with Gasteiger partial charge in [0.15, 0.2) is 0 Å². The Labute approximate surface area is 126 Å². The molecule has 1 aliphatic heterocycles. The molecule has 2 aliphatic rings. The van der Waals surface area contributed by atoms with E-state index in [9.17, 15) is 0 Å². The van der Waals surface area contributed by atoms with Crippen LogP contribution in [0.3, 0.4) is 0 Å². The number of hydrogen-bond acceptors (Lipinski definition) is 2. The van der Waals surface area contributed by atoms with Crippen molar-refractivity contribution in [2.45, 2.75) is 90.6 Å². The van der Waals surface area contributed by atoms with Crippen molar-refractivity contribution in [2.24, 2.45) is 17.1 Å². The highest BCUT2D eigenvalue weighted by molar-refractivity contribution is 4.99. The molecule has 20 heavy (non-hydrogen) atoms. The summed E-state index contributed by atoms with van der Waals surface area (Å²) in [5, 5.41) is 0. The fraction of sp³-hybridized carbons (Fsp3) is 1.00. The van der Waals surface area contributed by atoms with Gasteiger partial charge in [-0.15, -0.1) is 0 Å². The van der Waals surface area contributed by atoms with Crippen molar-refractivity contribution < 1.29 is 0 Å². The summed E-state index contributed by atoms with van der Waals surface area (Å²) < 4.78 is 0. The normalized spacial score (nSPS) is 37.0. The minimum absolute atomic E-state index is 0.317. The van der Waals surface area contributed by atoms with Gasteiger partial charge in [0.05, 0.1) is 0 Å². The van der Waals surface area contributed by atoms with E-state index in [0.717, 1.165) is 18.5 Å². The van der Waals surface area contributed by atoms with E-state index < -0.39 is 0 Å². The molecule has 118 valence electrons. The number of nitrogens with zero attached hydrogens (tertiary/aromatic N) is 1. The smallest absolute Gasteiger partial charge is 0.0334 e. The quantitative estimate of drug-likeness (QED) is 0.786. The Morgan fingerprint density at radius 1 is 1.10 bits per heavy atom. The topological polar surface area (TPSA) is 29.3 Å². The summed E-state index contributed by atoms with van der Waals surface area (Å²) in [6, 6.07) is 0.796. The van der Waals surface area contributed by atoms with Crippen LogP contribution in [0.4, 0.5) is 0 Å². The van der Waals surface area contributed by atoms with E-state index in [-0.39, 0.29) is 0 Å². The Morgan fingerprint density at radius 2 is 1.85 bits per heavy atom. The van der Waals surface area contributed by atoms with Crippen molar-refractivity contribution in [3.8, 4) is 0 Å². The zero-order chi connectivity index (χ0) is 14.8. The zero-order valence-electron chi connectivity index (χ0n) is 14.3. The van der Waals surface area contributed by atoms with E-state index in [1.165, 1.54) is 57.9 Å². The average Bonchev–Trinajstić information content (AvgIpc) is 2.76. The Morgan fingerprint density at radius 3 is 2.45 bits per heavy atom. The second-order valence-electron chi connectivity index (χ2n) is 8.32. The minimum Gasteiger partial charge on any atom is -0.329 e. The molecular weight excluding hydrogens is 244 g/mol. The molecule has 2 nitrogen and oxygen atoms in total. The third-order valence-electron chi connectivity index (χ3n) is 6.22. The molecule has 2 rings (SSSR count). The zero-order valence-corrected chi connectivity index (χ0v) is 14.3. The van der Waals surface area contributed by atoms with E-state index in [2.05, 4.69) is 32.6 Å². The van der Waals surface area contributed by atoms with E-state index in [0.29, 0.717) is 11.0 Å². The van der Waals surface area contributed by atoms with Crippen LogP contribution < -0.4 is 5.73 Å². The maximum Gasteiger partial charge on any atom is 0.0334 e. The Hall–Kier alpha value is -0.0800. The van der Waals surface area contributed by atoms with Gasteiger partial charge in [-0.2, -0.15) is 0 Å². The van der Waals surface area contributed by atoms with E-state index in [4.69, 9.17) is 5.73 Å². The van der Waals surface area contributed by atoms with Gasteiger partial charge < -0.3 is 5.73 Å². The van der Waals surface area contributed by atoms with Crippen molar-refractivity contribution in [3.63, 3.8) is 0 Å². The van der Waals surface area contributed by atoms with Crippen molar-refractivity contribution in [1.29, 1.82) is 0 Å². The van der Waals surface area contributed by atoms with Crippen LogP contribution in [0.15, 0.2) is 0 Å². The fourth-order valence-corrected chi connectivity index (χ4v) is 4.75. The second kappa shape index (κ2) is 6.36. The summed E-state index contributed by atoms with van der Waals surface area (Å²) in [5.41, 5.74) is 7.09. The van der Waals surface area contributed by atoms with Gasteiger partial charge in [0.25, 0.3) is 0 Å². The lowest BCUT2D eigenvalue weighted by Gasteiger charge is -2.44. The largest absolute Gasteiger partial charge is 0.329 e. The van der Waals surface area contributed by atoms with Gasteiger partial charge in [-0.3, -0.25) is 4.90 Å². The molecule has 0 bridgehead atoms. The molecule has 1 saturated carbocycles. The highest BCUT2D eigenvalue weighted by Crippen LogP contribution is 2.43. The molecule has 2 fully saturated rings. The number of hydrogen-bond donors (Lipinski definition) is 1. The predicted octanol–water partition coefficient (Wildman–Crippen LogP) is 4.18. The molecule has 3 unspecified atom stereocenters. The first-order valence-corrected chi connectivity index (χ1v) is 8.90. The van der Waals surface area contributed by atoms with Crippen LogP contribution in [-0.4, -0.2) is 29.6 Å². The standard InChI is InChI=1S/C18H36N2/c1-5-16-9-7-13-20(16)18(14-19)11-6-8-15(10-12-18)17(2,3)4/h15-16H,5-14,19H2,1-4H3. The van der Waals surface area contributed by atoms with Crippen LogP contribution in [-0.2, 0) is 0 Å². The van der Waals surface area contributed by atoms with Gasteiger partial charge in [0.1, 0.15) is 0 Å². The van der Waals surface area contributed by atoms with Gasteiger partial charge in [-0.05, 0) is 62.8 Å². The lowest BCUT2D eigenvalue weighted by Crippen LogP contribution is -2.55. The number of rotatable bonds is 3. The first-order valence-electron chi connectivity index (χ1n) is 8.90. The van der Waals surface area contributed by atoms with Crippen LogP contribution in [0.1, 0.15) is 79.1 Å². The van der Waals surface area contributed by atoms with E-state index in [1.807, 2.05) is 0 Å². The SMILES string of the molecule is CCC1CCCN1C1(CN)CCCC(C(C)(C)C)CC1. The molecule has 2 heteroatoms. The molecule has 0 spiro atoms. The maximum atomic E-state index is 6.32. The van der Waals surface area contributed by atoms with Gasteiger partial charge in [0, 0.05) is 18.1 Å². The molecule has 1 aliphatic carbocycles. The summed E-state index contributed by atoms with van der Waals surface area (Å²) in [6.07, 6.45) is 10.8. The van der Waals surface area contributed by atoms with Crippen molar-refractivity contribution in [3.05, 3.63) is 0 Å². The molecule has 0 amide bonds. The fourth-order valence-electron chi connectivity index (χ4n) is 4.75. The van der Waals surface area contributed by atoms with Crippen LogP contribution in [0.5, 0.6) is 0 Å². The van der Waals surface area contributed by atoms with Crippen LogP contribution in [0.2, 0.25) is 0 Å². The van der Waals surface area contributed by atoms with Crippen LogP contribution in [0.25, 0.3) is 0 Å². The molecule has 0 aromatic rings. The van der Waals surface area contributed by atoms with Crippen molar-refractivity contribution in [1.82, 2.24) is 4.90 Å². The summed E-state index contributed by atoms with van der Waals surface area (Å²) in [7, 11) is 0. The van der Waals surface area contributed by atoms with Crippen molar-refractivity contribution in [2.75, 3.05) is 13.1 Å². The lowest BCUT2D eigenvalue weighted by atomic mass is 9.76. The molecule has 1 heterocycles. The summed E-state index contributed by atoms with van der Waals surface area (Å²) >= 11 is 0. The van der Waals surface area contributed by atoms with E-state index >= 15 is 0 Å². The highest BCUT2D eigenvalue weighted by atomic mass is 15.2.